The van der Waals surface area contributed by atoms with Crippen molar-refractivity contribution in [2.75, 3.05) is 0 Å². The summed E-state index contributed by atoms with van der Waals surface area (Å²) < 4.78 is 23.6. The number of carbonyl (C=O) groups is 2. The van der Waals surface area contributed by atoms with E-state index in [4.69, 9.17) is 18.9 Å². The average molecular weight is 439 g/mol. The summed E-state index contributed by atoms with van der Waals surface area (Å²) in [5, 5.41) is 0. The zero-order valence-corrected chi connectivity index (χ0v) is 18.5. The van der Waals surface area contributed by atoms with E-state index in [1.807, 2.05) is 32.1 Å². The van der Waals surface area contributed by atoms with Crippen LogP contribution in [-0.2, 0) is 18.9 Å². The van der Waals surface area contributed by atoms with Gasteiger partial charge in [0.15, 0.2) is 12.4 Å². The second kappa shape index (κ2) is 11.6. The fraction of sp³-hybridized carbons (Fsp3) is 0.385. The first-order valence-electron chi connectivity index (χ1n) is 10.9. The van der Waals surface area contributed by atoms with Gasteiger partial charge < -0.3 is 18.9 Å². The standard InChI is InChI=1S/C26H30O6/c1-4-5-12-18(2)29-26-23(32-25(28)21-15-10-7-11-16-21)17-22(19(3)30-26)31-24(27)20-13-8-6-9-14-20/h4,6-11,13-16,18-19,22-23,26H,1,5,12,17H2,2-3H3/t18-,19?,22-,23+,26?/m1/s1. The van der Waals surface area contributed by atoms with Crippen molar-refractivity contribution in [2.24, 2.45) is 0 Å². The molecule has 0 aromatic heterocycles. The Kier molecular flexibility index (Phi) is 8.59. The van der Waals surface area contributed by atoms with Crippen molar-refractivity contribution in [3.8, 4) is 0 Å². The SMILES string of the molecule is C=CCC[C@@H](C)OC1OC(C)[C@H](OC(=O)c2ccccc2)C[C@@H]1OC(=O)c1ccccc1. The van der Waals surface area contributed by atoms with E-state index in [2.05, 4.69) is 6.58 Å². The third kappa shape index (κ3) is 6.52. The number of carbonyl (C=O) groups excluding carboxylic acids is 2. The lowest BCUT2D eigenvalue weighted by atomic mass is 10.0. The summed E-state index contributed by atoms with van der Waals surface area (Å²) in [5.74, 6) is -0.924. The largest absolute Gasteiger partial charge is 0.456 e. The van der Waals surface area contributed by atoms with Crippen LogP contribution in [0.1, 0.15) is 53.8 Å². The molecule has 170 valence electrons. The highest BCUT2D eigenvalue weighted by Crippen LogP contribution is 2.28. The molecular weight excluding hydrogens is 408 g/mol. The van der Waals surface area contributed by atoms with Gasteiger partial charge in [0.05, 0.1) is 23.3 Å². The van der Waals surface area contributed by atoms with Gasteiger partial charge in [-0.1, -0.05) is 42.5 Å². The minimum Gasteiger partial charge on any atom is -0.456 e. The van der Waals surface area contributed by atoms with Gasteiger partial charge in [-0.3, -0.25) is 0 Å². The molecule has 2 aromatic rings. The maximum absolute atomic E-state index is 12.7. The van der Waals surface area contributed by atoms with E-state index in [9.17, 15) is 9.59 Å². The van der Waals surface area contributed by atoms with E-state index >= 15 is 0 Å². The molecular formula is C26H30O6. The van der Waals surface area contributed by atoms with Crippen LogP contribution >= 0.6 is 0 Å². The van der Waals surface area contributed by atoms with Gasteiger partial charge >= 0.3 is 11.9 Å². The number of ether oxygens (including phenoxy) is 4. The van der Waals surface area contributed by atoms with Gasteiger partial charge in [0.1, 0.15) is 6.10 Å². The number of rotatable bonds is 9. The van der Waals surface area contributed by atoms with Gasteiger partial charge in [0, 0.05) is 6.42 Å². The van der Waals surface area contributed by atoms with Crippen LogP contribution in [0.3, 0.4) is 0 Å². The summed E-state index contributed by atoms with van der Waals surface area (Å²) in [5.41, 5.74) is 0.886. The summed E-state index contributed by atoms with van der Waals surface area (Å²) in [7, 11) is 0. The Hall–Kier alpha value is -2.96. The Morgan fingerprint density at radius 1 is 1.00 bits per heavy atom. The molecule has 0 saturated carbocycles. The highest BCUT2D eigenvalue weighted by molar-refractivity contribution is 5.90. The van der Waals surface area contributed by atoms with Gasteiger partial charge in [-0.25, -0.2) is 9.59 Å². The number of hydrogen-bond acceptors (Lipinski definition) is 6. The summed E-state index contributed by atoms with van der Waals surface area (Å²) >= 11 is 0. The second-order valence-corrected chi connectivity index (χ2v) is 7.88. The monoisotopic (exact) mass is 438 g/mol. The lowest BCUT2D eigenvalue weighted by molar-refractivity contribution is -0.272. The summed E-state index contributed by atoms with van der Waals surface area (Å²) in [6, 6.07) is 17.5. The first-order chi connectivity index (χ1) is 15.5. The minimum absolute atomic E-state index is 0.119. The third-order valence-corrected chi connectivity index (χ3v) is 5.32. The Labute approximate surface area is 189 Å². The van der Waals surface area contributed by atoms with Crippen LogP contribution in [0.15, 0.2) is 73.3 Å². The van der Waals surface area contributed by atoms with Gasteiger partial charge in [-0.15, -0.1) is 6.58 Å². The van der Waals surface area contributed by atoms with E-state index in [0.29, 0.717) is 11.1 Å². The van der Waals surface area contributed by atoms with Crippen LogP contribution in [0.4, 0.5) is 0 Å². The fourth-order valence-electron chi connectivity index (χ4n) is 3.49. The summed E-state index contributed by atoms with van der Waals surface area (Å²) in [4.78, 5) is 25.3. The second-order valence-electron chi connectivity index (χ2n) is 7.88. The number of allylic oxidation sites excluding steroid dienone is 1. The minimum atomic E-state index is -0.760. The molecule has 0 N–H and O–H groups in total. The maximum atomic E-state index is 12.7. The fourth-order valence-corrected chi connectivity index (χ4v) is 3.49. The van der Waals surface area contributed by atoms with E-state index in [1.54, 1.807) is 48.5 Å². The first kappa shape index (κ1) is 23.7. The van der Waals surface area contributed by atoms with Gasteiger partial charge in [0.2, 0.25) is 0 Å². The molecule has 6 nitrogen and oxygen atoms in total. The maximum Gasteiger partial charge on any atom is 0.338 e. The van der Waals surface area contributed by atoms with E-state index in [-0.39, 0.29) is 12.5 Å². The van der Waals surface area contributed by atoms with Crippen molar-refractivity contribution in [1.29, 1.82) is 0 Å². The zero-order chi connectivity index (χ0) is 22.9. The van der Waals surface area contributed by atoms with Crippen LogP contribution in [0.25, 0.3) is 0 Å². The molecule has 5 atom stereocenters. The van der Waals surface area contributed by atoms with E-state index < -0.39 is 36.5 Å². The summed E-state index contributed by atoms with van der Waals surface area (Å²) in [6.45, 7) is 7.50. The average Bonchev–Trinajstić information content (AvgIpc) is 2.81. The molecule has 0 spiro atoms. The highest BCUT2D eigenvalue weighted by atomic mass is 16.7. The van der Waals surface area contributed by atoms with E-state index in [0.717, 1.165) is 12.8 Å². The predicted molar refractivity (Wildman–Crippen MR) is 120 cm³/mol. The molecule has 1 saturated heterocycles. The number of esters is 2. The highest BCUT2D eigenvalue weighted by Gasteiger charge is 2.41. The van der Waals surface area contributed by atoms with Crippen LogP contribution in [0.5, 0.6) is 0 Å². The van der Waals surface area contributed by atoms with Gasteiger partial charge in [-0.05, 0) is 51.0 Å². The predicted octanol–water partition coefficient (Wildman–Crippen LogP) is 4.94. The topological polar surface area (TPSA) is 71.1 Å². The van der Waals surface area contributed by atoms with Crippen molar-refractivity contribution in [3.05, 3.63) is 84.4 Å². The Morgan fingerprint density at radius 2 is 1.53 bits per heavy atom. The van der Waals surface area contributed by atoms with Crippen LogP contribution in [0.2, 0.25) is 0 Å². The van der Waals surface area contributed by atoms with Crippen molar-refractivity contribution in [1.82, 2.24) is 0 Å². The van der Waals surface area contributed by atoms with Crippen LogP contribution in [0, 0.1) is 0 Å². The van der Waals surface area contributed by atoms with Gasteiger partial charge in [0.25, 0.3) is 0 Å². The van der Waals surface area contributed by atoms with Crippen LogP contribution < -0.4 is 0 Å². The normalized spacial score (nSPS) is 23.7. The zero-order valence-electron chi connectivity index (χ0n) is 18.5. The Bertz CT molecular complexity index is 882. The molecule has 0 radical (unpaired) electrons. The molecule has 1 fully saturated rings. The molecule has 32 heavy (non-hydrogen) atoms. The number of hydrogen-bond donors (Lipinski definition) is 0. The molecule has 6 heteroatoms. The molecule has 2 unspecified atom stereocenters. The van der Waals surface area contributed by atoms with Crippen LogP contribution in [-0.4, -0.2) is 42.6 Å². The third-order valence-electron chi connectivity index (χ3n) is 5.32. The van der Waals surface area contributed by atoms with Crippen molar-refractivity contribution < 1.29 is 28.5 Å². The van der Waals surface area contributed by atoms with E-state index in [1.165, 1.54) is 0 Å². The van der Waals surface area contributed by atoms with Gasteiger partial charge in [-0.2, -0.15) is 0 Å². The lowest BCUT2D eigenvalue weighted by Gasteiger charge is -2.39. The Balaban J connectivity index is 1.72. The smallest absolute Gasteiger partial charge is 0.338 e. The molecule has 3 rings (SSSR count). The van der Waals surface area contributed by atoms with Crippen molar-refractivity contribution in [3.63, 3.8) is 0 Å². The van der Waals surface area contributed by atoms with Crippen molar-refractivity contribution in [2.45, 2.75) is 63.8 Å². The molecule has 1 heterocycles. The molecule has 2 aromatic carbocycles. The molecule has 0 aliphatic carbocycles. The summed E-state index contributed by atoms with van der Waals surface area (Å²) in [6.07, 6.45) is 1.06. The Morgan fingerprint density at radius 3 is 2.06 bits per heavy atom. The first-order valence-corrected chi connectivity index (χ1v) is 10.9. The lowest BCUT2D eigenvalue weighted by Crippen LogP contribution is -2.51. The van der Waals surface area contributed by atoms with Crippen molar-refractivity contribution >= 4 is 11.9 Å². The quantitative estimate of drug-likeness (QED) is 0.408. The molecule has 1 aliphatic heterocycles. The molecule has 0 bridgehead atoms. The number of benzene rings is 2. The molecule has 0 amide bonds. The molecule has 1 aliphatic rings.